The molecule has 0 radical (unpaired) electrons. The average molecular weight is 235 g/mol. The maximum absolute atomic E-state index is 13.1. The van der Waals surface area contributed by atoms with Crippen LogP contribution in [0.1, 0.15) is 16.2 Å². The first-order chi connectivity index (χ1) is 8.13. The highest BCUT2D eigenvalue weighted by atomic mass is 19.1. The first-order valence-electron chi connectivity index (χ1n) is 4.90. The molecule has 0 spiro atoms. The molecule has 1 aromatic carbocycles. The number of hydrogen-bond acceptors (Lipinski definition) is 4. The SMILES string of the molecule is COC(=O)c1nnn(-c2cccc(F)c2)c1C. The van der Waals surface area contributed by atoms with Gasteiger partial charge in [0, 0.05) is 0 Å². The number of benzene rings is 1. The summed E-state index contributed by atoms with van der Waals surface area (Å²) in [6.07, 6.45) is 0. The molecule has 0 saturated heterocycles. The van der Waals surface area contributed by atoms with Crippen molar-refractivity contribution in [3.8, 4) is 5.69 Å². The van der Waals surface area contributed by atoms with Gasteiger partial charge >= 0.3 is 5.97 Å². The van der Waals surface area contributed by atoms with Gasteiger partial charge in [-0.1, -0.05) is 11.3 Å². The van der Waals surface area contributed by atoms with Crippen molar-refractivity contribution < 1.29 is 13.9 Å². The lowest BCUT2D eigenvalue weighted by Crippen LogP contribution is -2.05. The molecular formula is C11H10FN3O2. The van der Waals surface area contributed by atoms with E-state index in [1.807, 2.05) is 0 Å². The van der Waals surface area contributed by atoms with Gasteiger partial charge in [0.25, 0.3) is 0 Å². The zero-order chi connectivity index (χ0) is 12.4. The highest BCUT2D eigenvalue weighted by Crippen LogP contribution is 2.13. The van der Waals surface area contributed by atoms with Crippen LogP contribution < -0.4 is 0 Å². The maximum atomic E-state index is 13.1. The molecule has 0 aliphatic heterocycles. The number of esters is 1. The van der Waals surface area contributed by atoms with E-state index in [9.17, 15) is 9.18 Å². The number of ether oxygens (including phenoxy) is 1. The van der Waals surface area contributed by atoms with Crippen LogP contribution in [0.15, 0.2) is 24.3 Å². The molecule has 0 amide bonds. The first-order valence-corrected chi connectivity index (χ1v) is 4.90. The number of nitrogens with zero attached hydrogens (tertiary/aromatic N) is 3. The van der Waals surface area contributed by atoms with Crippen LogP contribution in [0.2, 0.25) is 0 Å². The van der Waals surface area contributed by atoms with Gasteiger partial charge in [-0.25, -0.2) is 13.9 Å². The van der Waals surface area contributed by atoms with Crippen molar-refractivity contribution in [2.45, 2.75) is 6.92 Å². The van der Waals surface area contributed by atoms with E-state index in [0.717, 1.165) is 0 Å². The fraction of sp³-hybridized carbons (Fsp3) is 0.182. The summed E-state index contributed by atoms with van der Waals surface area (Å²) in [5, 5.41) is 7.50. The average Bonchev–Trinajstić information content (AvgIpc) is 2.70. The fourth-order valence-electron chi connectivity index (χ4n) is 1.47. The van der Waals surface area contributed by atoms with E-state index in [2.05, 4.69) is 15.0 Å². The summed E-state index contributed by atoms with van der Waals surface area (Å²) in [7, 11) is 1.27. The Labute approximate surface area is 96.8 Å². The molecule has 2 rings (SSSR count). The van der Waals surface area contributed by atoms with Crippen LogP contribution in [-0.4, -0.2) is 28.1 Å². The van der Waals surface area contributed by atoms with E-state index in [1.54, 1.807) is 19.1 Å². The molecule has 1 heterocycles. The Kier molecular flexibility index (Phi) is 2.86. The lowest BCUT2D eigenvalue weighted by Gasteiger charge is -2.02. The van der Waals surface area contributed by atoms with Crippen LogP contribution in [0.25, 0.3) is 5.69 Å². The second kappa shape index (κ2) is 4.32. The monoisotopic (exact) mass is 235 g/mol. The number of halogens is 1. The molecule has 0 saturated carbocycles. The minimum absolute atomic E-state index is 0.122. The van der Waals surface area contributed by atoms with Gasteiger partial charge in [-0.2, -0.15) is 0 Å². The van der Waals surface area contributed by atoms with Crippen molar-refractivity contribution in [2.24, 2.45) is 0 Å². The van der Waals surface area contributed by atoms with Gasteiger partial charge in [-0.15, -0.1) is 5.10 Å². The van der Waals surface area contributed by atoms with Crippen LogP contribution in [-0.2, 0) is 4.74 Å². The number of rotatable bonds is 2. The zero-order valence-electron chi connectivity index (χ0n) is 9.35. The number of aromatic nitrogens is 3. The third-order valence-electron chi connectivity index (χ3n) is 2.33. The summed E-state index contributed by atoms with van der Waals surface area (Å²) >= 11 is 0. The number of carbonyl (C=O) groups is 1. The molecule has 2 aromatic rings. The molecule has 0 fully saturated rings. The van der Waals surface area contributed by atoms with Crippen LogP contribution in [0.4, 0.5) is 4.39 Å². The van der Waals surface area contributed by atoms with Gasteiger partial charge in [0.15, 0.2) is 5.69 Å². The minimum atomic E-state index is -0.565. The third-order valence-corrected chi connectivity index (χ3v) is 2.33. The van der Waals surface area contributed by atoms with Crippen molar-refractivity contribution >= 4 is 5.97 Å². The molecule has 0 atom stereocenters. The van der Waals surface area contributed by atoms with E-state index < -0.39 is 5.97 Å². The molecule has 0 aliphatic carbocycles. The highest BCUT2D eigenvalue weighted by molar-refractivity contribution is 5.88. The lowest BCUT2D eigenvalue weighted by molar-refractivity contribution is 0.0593. The number of hydrogen-bond donors (Lipinski definition) is 0. The second-order valence-corrected chi connectivity index (χ2v) is 3.41. The topological polar surface area (TPSA) is 57.0 Å². The standard InChI is InChI=1S/C11H10FN3O2/c1-7-10(11(16)17-2)13-14-15(7)9-5-3-4-8(12)6-9/h3-6H,1-2H3. The summed E-state index contributed by atoms with van der Waals surface area (Å²) in [4.78, 5) is 11.3. The van der Waals surface area contributed by atoms with Crippen molar-refractivity contribution in [1.82, 2.24) is 15.0 Å². The summed E-state index contributed by atoms with van der Waals surface area (Å²) in [6, 6.07) is 5.87. The molecule has 5 nitrogen and oxygen atoms in total. The quantitative estimate of drug-likeness (QED) is 0.740. The normalized spacial score (nSPS) is 10.3. The van der Waals surface area contributed by atoms with Gasteiger partial charge in [-0.05, 0) is 25.1 Å². The molecule has 6 heteroatoms. The number of methoxy groups -OCH3 is 1. The Bertz CT molecular complexity index is 566. The molecule has 0 aliphatic rings. The summed E-state index contributed by atoms with van der Waals surface area (Å²) in [6.45, 7) is 1.66. The Balaban J connectivity index is 2.48. The summed E-state index contributed by atoms with van der Waals surface area (Å²) < 4.78 is 19.0. The van der Waals surface area contributed by atoms with Crippen LogP contribution >= 0.6 is 0 Å². The highest BCUT2D eigenvalue weighted by Gasteiger charge is 2.17. The Morgan fingerprint density at radius 2 is 2.24 bits per heavy atom. The van der Waals surface area contributed by atoms with Gasteiger partial charge < -0.3 is 4.74 Å². The van der Waals surface area contributed by atoms with E-state index in [1.165, 1.54) is 23.9 Å². The smallest absolute Gasteiger partial charge is 0.360 e. The minimum Gasteiger partial charge on any atom is -0.464 e. The Hall–Kier alpha value is -2.24. The largest absolute Gasteiger partial charge is 0.464 e. The molecule has 0 bridgehead atoms. The van der Waals surface area contributed by atoms with E-state index in [4.69, 9.17) is 0 Å². The second-order valence-electron chi connectivity index (χ2n) is 3.41. The maximum Gasteiger partial charge on any atom is 0.360 e. The summed E-state index contributed by atoms with van der Waals surface area (Å²) in [5.41, 5.74) is 1.13. The molecule has 17 heavy (non-hydrogen) atoms. The molecule has 0 unspecified atom stereocenters. The van der Waals surface area contributed by atoms with E-state index in [-0.39, 0.29) is 11.5 Å². The van der Waals surface area contributed by atoms with Crippen molar-refractivity contribution in [1.29, 1.82) is 0 Å². The molecular weight excluding hydrogens is 225 g/mol. The van der Waals surface area contributed by atoms with E-state index in [0.29, 0.717) is 11.4 Å². The third kappa shape index (κ3) is 2.01. The molecule has 0 N–H and O–H groups in total. The zero-order valence-corrected chi connectivity index (χ0v) is 9.35. The van der Waals surface area contributed by atoms with Crippen LogP contribution in [0.3, 0.4) is 0 Å². The van der Waals surface area contributed by atoms with Crippen LogP contribution in [0.5, 0.6) is 0 Å². The predicted molar refractivity (Wildman–Crippen MR) is 57.4 cm³/mol. The van der Waals surface area contributed by atoms with Gasteiger partial charge in [0.1, 0.15) is 5.82 Å². The van der Waals surface area contributed by atoms with Crippen LogP contribution in [0, 0.1) is 12.7 Å². The Morgan fingerprint density at radius 3 is 2.88 bits per heavy atom. The van der Waals surface area contributed by atoms with Gasteiger partial charge in [0.2, 0.25) is 0 Å². The van der Waals surface area contributed by atoms with Gasteiger partial charge in [0.05, 0.1) is 18.5 Å². The van der Waals surface area contributed by atoms with Crippen molar-refractivity contribution in [2.75, 3.05) is 7.11 Å². The fourth-order valence-corrected chi connectivity index (χ4v) is 1.47. The van der Waals surface area contributed by atoms with Gasteiger partial charge in [-0.3, -0.25) is 0 Å². The lowest BCUT2D eigenvalue weighted by atomic mass is 10.3. The van der Waals surface area contributed by atoms with E-state index >= 15 is 0 Å². The number of carbonyl (C=O) groups excluding carboxylic acids is 1. The van der Waals surface area contributed by atoms with Crippen molar-refractivity contribution in [3.05, 3.63) is 41.5 Å². The molecule has 1 aromatic heterocycles. The Morgan fingerprint density at radius 1 is 1.47 bits per heavy atom. The van der Waals surface area contributed by atoms with Crippen molar-refractivity contribution in [3.63, 3.8) is 0 Å². The predicted octanol–water partition coefficient (Wildman–Crippen LogP) is 1.50. The first kappa shape index (κ1) is 11.3. The summed E-state index contributed by atoms with van der Waals surface area (Å²) in [5.74, 6) is -0.942. The molecule has 88 valence electrons.